The van der Waals surface area contributed by atoms with Crippen LogP contribution in [0.1, 0.15) is 17.3 Å². The predicted octanol–water partition coefficient (Wildman–Crippen LogP) is 1.37. The second-order valence-electron chi connectivity index (χ2n) is 3.64. The number of amides is 3. The molecule has 0 unspecified atom stereocenters. The molecular formula is C12H13BrN2O5. The summed E-state index contributed by atoms with van der Waals surface area (Å²) in [5.74, 6) is -1.80. The molecule has 0 aliphatic carbocycles. The fourth-order valence-corrected chi connectivity index (χ4v) is 1.67. The maximum Gasteiger partial charge on any atom is 0.339 e. The molecule has 7 nitrogen and oxygen atoms in total. The van der Waals surface area contributed by atoms with Gasteiger partial charge in [0.05, 0.1) is 0 Å². The largest absolute Gasteiger partial charge is 0.483 e. The van der Waals surface area contributed by atoms with Gasteiger partial charge in [0.25, 0.3) is 5.91 Å². The van der Waals surface area contributed by atoms with E-state index in [1.54, 1.807) is 13.0 Å². The molecule has 0 aromatic heterocycles. The lowest BCUT2D eigenvalue weighted by molar-refractivity contribution is -0.122. The minimum absolute atomic E-state index is 0.0479. The highest BCUT2D eigenvalue weighted by atomic mass is 79.9. The molecule has 0 aliphatic heterocycles. The number of nitrogens with one attached hydrogen (secondary N) is 2. The number of benzene rings is 1. The van der Waals surface area contributed by atoms with Gasteiger partial charge in [-0.15, -0.1) is 0 Å². The normalized spacial score (nSPS) is 9.70. The van der Waals surface area contributed by atoms with Crippen LogP contribution in [0, 0.1) is 0 Å². The van der Waals surface area contributed by atoms with Crippen molar-refractivity contribution in [2.24, 2.45) is 0 Å². The van der Waals surface area contributed by atoms with Crippen LogP contribution in [0.3, 0.4) is 0 Å². The third-order valence-electron chi connectivity index (χ3n) is 2.12. The van der Waals surface area contributed by atoms with E-state index in [1.807, 2.05) is 5.32 Å². The lowest BCUT2D eigenvalue weighted by Gasteiger charge is -2.09. The molecule has 0 atom stereocenters. The van der Waals surface area contributed by atoms with Gasteiger partial charge in [0.2, 0.25) is 0 Å². The number of carboxylic acid groups (broad SMARTS) is 1. The van der Waals surface area contributed by atoms with Crippen molar-refractivity contribution in [1.29, 1.82) is 0 Å². The first-order chi connectivity index (χ1) is 9.43. The maximum absolute atomic E-state index is 11.4. The van der Waals surface area contributed by atoms with Crippen LogP contribution in [0.4, 0.5) is 4.79 Å². The van der Waals surface area contributed by atoms with Crippen LogP contribution < -0.4 is 15.4 Å². The topological polar surface area (TPSA) is 105 Å². The number of hydrogen-bond donors (Lipinski definition) is 3. The first kappa shape index (κ1) is 16.0. The third-order valence-corrected chi connectivity index (χ3v) is 2.61. The van der Waals surface area contributed by atoms with Gasteiger partial charge in [0.15, 0.2) is 6.61 Å². The molecule has 0 fully saturated rings. The fraction of sp³-hybridized carbons (Fsp3) is 0.250. The second-order valence-corrected chi connectivity index (χ2v) is 4.56. The van der Waals surface area contributed by atoms with Crippen molar-refractivity contribution in [3.8, 4) is 5.75 Å². The maximum atomic E-state index is 11.4. The lowest BCUT2D eigenvalue weighted by atomic mass is 10.2. The molecular weight excluding hydrogens is 332 g/mol. The summed E-state index contributed by atoms with van der Waals surface area (Å²) in [6.45, 7) is 1.64. The van der Waals surface area contributed by atoms with Gasteiger partial charge in [-0.1, -0.05) is 15.9 Å². The predicted molar refractivity (Wildman–Crippen MR) is 73.8 cm³/mol. The summed E-state index contributed by atoms with van der Waals surface area (Å²) in [5.41, 5.74) is -0.0785. The van der Waals surface area contributed by atoms with Crippen LogP contribution in [0.15, 0.2) is 22.7 Å². The highest BCUT2D eigenvalue weighted by molar-refractivity contribution is 9.10. The van der Waals surface area contributed by atoms with E-state index < -0.39 is 24.5 Å². The number of halogens is 1. The molecule has 20 heavy (non-hydrogen) atoms. The Labute approximate surface area is 123 Å². The number of carbonyl (C=O) groups excluding carboxylic acids is 2. The molecule has 0 saturated heterocycles. The first-order valence-electron chi connectivity index (χ1n) is 5.67. The Morgan fingerprint density at radius 1 is 1.35 bits per heavy atom. The average molecular weight is 345 g/mol. The average Bonchev–Trinajstić information content (AvgIpc) is 2.37. The van der Waals surface area contributed by atoms with Gasteiger partial charge in [-0.05, 0) is 25.1 Å². The standard InChI is InChI=1S/C12H13BrN2O5/c1-2-14-12(19)15-10(16)6-20-9-4-3-7(13)5-8(9)11(17)18/h3-5H,2,6H2,1H3,(H,17,18)(H2,14,15,16,19). The van der Waals surface area contributed by atoms with Crippen molar-refractivity contribution in [3.05, 3.63) is 28.2 Å². The molecule has 1 aromatic carbocycles. The van der Waals surface area contributed by atoms with Crippen molar-refractivity contribution in [3.63, 3.8) is 0 Å². The van der Waals surface area contributed by atoms with Gasteiger partial charge in [-0.2, -0.15) is 0 Å². The van der Waals surface area contributed by atoms with Crippen molar-refractivity contribution < 1.29 is 24.2 Å². The quantitative estimate of drug-likeness (QED) is 0.748. The summed E-state index contributed by atoms with van der Waals surface area (Å²) in [6.07, 6.45) is 0. The molecule has 108 valence electrons. The molecule has 0 bridgehead atoms. The Balaban J connectivity index is 2.64. The Hall–Kier alpha value is -2.09. The van der Waals surface area contributed by atoms with Gasteiger partial charge in [-0.25, -0.2) is 9.59 Å². The molecule has 0 heterocycles. The fourth-order valence-electron chi connectivity index (χ4n) is 1.31. The Kier molecular flexibility index (Phi) is 5.98. The van der Waals surface area contributed by atoms with E-state index >= 15 is 0 Å². The molecule has 3 amide bonds. The van der Waals surface area contributed by atoms with Crippen LogP contribution in [0.2, 0.25) is 0 Å². The van der Waals surface area contributed by atoms with Crippen LogP contribution in [0.5, 0.6) is 5.75 Å². The van der Waals surface area contributed by atoms with Crippen molar-refractivity contribution in [2.75, 3.05) is 13.2 Å². The van der Waals surface area contributed by atoms with Gasteiger partial charge in [0, 0.05) is 11.0 Å². The first-order valence-corrected chi connectivity index (χ1v) is 6.46. The summed E-state index contributed by atoms with van der Waals surface area (Å²) in [6, 6.07) is 3.74. The molecule has 0 radical (unpaired) electrons. The van der Waals surface area contributed by atoms with E-state index in [0.29, 0.717) is 11.0 Å². The Bertz CT molecular complexity index is 533. The molecule has 0 spiro atoms. The summed E-state index contributed by atoms with van der Waals surface area (Å²) in [7, 11) is 0. The van der Waals surface area contributed by atoms with E-state index in [-0.39, 0.29) is 11.3 Å². The number of rotatable bonds is 5. The highest BCUT2D eigenvalue weighted by Gasteiger charge is 2.14. The molecule has 8 heteroatoms. The number of aromatic carboxylic acids is 1. The van der Waals surface area contributed by atoms with E-state index in [0.717, 1.165) is 0 Å². The summed E-state index contributed by atoms with van der Waals surface area (Å²) in [5, 5.41) is 13.4. The molecule has 3 N–H and O–H groups in total. The summed E-state index contributed by atoms with van der Waals surface area (Å²) < 4.78 is 5.68. The van der Waals surface area contributed by atoms with Crippen LogP contribution in [-0.4, -0.2) is 36.2 Å². The second kappa shape index (κ2) is 7.49. The van der Waals surface area contributed by atoms with E-state index in [1.165, 1.54) is 12.1 Å². The zero-order chi connectivity index (χ0) is 15.1. The molecule has 1 rings (SSSR count). The van der Waals surface area contributed by atoms with Gasteiger partial charge < -0.3 is 15.2 Å². The molecule has 1 aromatic rings. The number of hydrogen-bond acceptors (Lipinski definition) is 4. The smallest absolute Gasteiger partial charge is 0.339 e. The van der Waals surface area contributed by atoms with Gasteiger partial charge in [0.1, 0.15) is 11.3 Å². The minimum Gasteiger partial charge on any atom is -0.483 e. The number of imide groups is 1. The third kappa shape index (κ3) is 4.88. The SMILES string of the molecule is CCNC(=O)NC(=O)COc1ccc(Br)cc1C(=O)O. The zero-order valence-corrected chi connectivity index (χ0v) is 12.2. The Morgan fingerprint density at radius 2 is 2.05 bits per heavy atom. The lowest BCUT2D eigenvalue weighted by Crippen LogP contribution is -2.41. The van der Waals surface area contributed by atoms with Crippen molar-refractivity contribution in [1.82, 2.24) is 10.6 Å². The number of urea groups is 1. The van der Waals surface area contributed by atoms with Crippen molar-refractivity contribution >= 4 is 33.8 Å². The van der Waals surface area contributed by atoms with Crippen LogP contribution in [-0.2, 0) is 4.79 Å². The summed E-state index contributed by atoms with van der Waals surface area (Å²) >= 11 is 3.14. The van der Waals surface area contributed by atoms with Gasteiger partial charge >= 0.3 is 12.0 Å². The number of carboxylic acids is 1. The minimum atomic E-state index is -1.18. The highest BCUT2D eigenvalue weighted by Crippen LogP contribution is 2.23. The Morgan fingerprint density at radius 3 is 2.65 bits per heavy atom. The molecule has 0 aliphatic rings. The monoisotopic (exact) mass is 344 g/mol. The number of ether oxygens (including phenoxy) is 1. The van der Waals surface area contributed by atoms with E-state index in [2.05, 4.69) is 21.2 Å². The van der Waals surface area contributed by atoms with E-state index in [9.17, 15) is 14.4 Å². The number of carbonyl (C=O) groups is 3. The van der Waals surface area contributed by atoms with E-state index in [4.69, 9.17) is 9.84 Å². The van der Waals surface area contributed by atoms with Crippen LogP contribution >= 0.6 is 15.9 Å². The van der Waals surface area contributed by atoms with Crippen molar-refractivity contribution in [2.45, 2.75) is 6.92 Å². The summed E-state index contributed by atoms with van der Waals surface area (Å²) in [4.78, 5) is 33.5. The van der Waals surface area contributed by atoms with Crippen LogP contribution in [0.25, 0.3) is 0 Å². The zero-order valence-electron chi connectivity index (χ0n) is 10.6. The van der Waals surface area contributed by atoms with Gasteiger partial charge in [-0.3, -0.25) is 10.1 Å². The molecule has 0 saturated carbocycles.